The Kier molecular flexibility index (Phi) is 5.52. The monoisotopic (exact) mass is 201 g/mol. The molecule has 0 atom stereocenters. The van der Waals surface area contributed by atoms with Gasteiger partial charge in [0.25, 0.3) is 0 Å². The van der Waals surface area contributed by atoms with Crippen molar-refractivity contribution in [2.75, 3.05) is 0 Å². The fourth-order valence-electron chi connectivity index (χ4n) is 1.13. The normalized spacial score (nSPS) is 12.5. The maximum absolute atomic E-state index is 5.80. The van der Waals surface area contributed by atoms with Crippen LogP contribution >= 0.6 is 0 Å². The topological polar surface area (TPSA) is 18.5 Å². The summed E-state index contributed by atoms with van der Waals surface area (Å²) in [6.45, 7) is 13.9. The molecule has 0 saturated carbocycles. The summed E-state index contributed by atoms with van der Waals surface area (Å²) in [5.74, 6) is 0. The summed E-state index contributed by atoms with van der Waals surface area (Å²) in [6.07, 6.45) is 2.99. The first-order valence-electron chi connectivity index (χ1n) is 4.67. The number of hydrogen-bond acceptors (Lipinski definition) is 2. The summed E-state index contributed by atoms with van der Waals surface area (Å²) < 4.78 is 11.4. The van der Waals surface area contributed by atoms with Gasteiger partial charge in [-0.05, 0) is 40.7 Å². The van der Waals surface area contributed by atoms with Gasteiger partial charge in [0, 0.05) is 6.10 Å². The molecular formula is C10H21O2Si. The highest BCUT2D eigenvalue weighted by molar-refractivity contribution is 6.42. The van der Waals surface area contributed by atoms with E-state index in [2.05, 4.69) is 20.4 Å². The van der Waals surface area contributed by atoms with Gasteiger partial charge in [0.05, 0.1) is 5.60 Å². The van der Waals surface area contributed by atoms with E-state index in [1.54, 1.807) is 0 Å². The molecule has 0 saturated heterocycles. The van der Waals surface area contributed by atoms with Gasteiger partial charge < -0.3 is 8.85 Å². The van der Waals surface area contributed by atoms with Crippen molar-refractivity contribution in [2.24, 2.45) is 0 Å². The summed E-state index contributed by atoms with van der Waals surface area (Å²) in [5.41, 5.74) is -0.139. The summed E-state index contributed by atoms with van der Waals surface area (Å²) in [6, 6.07) is 0. The lowest BCUT2D eigenvalue weighted by molar-refractivity contribution is 0.0600. The molecule has 3 heteroatoms. The van der Waals surface area contributed by atoms with Crippen molar-refractivity contribution in [1.29, 1.82) is 0 Å². The van der Waals surface area contributed by atoms with E-state index in [9.17, 15) is 0 Å². The average Bonchev–Trinajstić information content (AvgIpc) is 1.81. The summed E-state index contributed by atoms with van der Waals surface area (Å²) in [7, 11) is -1.12. The van der Waals surface area contributed by atoms with Crippen LogP contribution in [0.15, 0.2) is 12.7 Å². The smallest absolute Gasteiger partial charge is 0.381 e. The molecule has 13 heavy (non-hydrogen) atoms. The lowest BCUT2D eigenvalue weighted by Gasteiger charge is -2.27. The molecule has 0 aliphatic carbocycles. The Bertz CT molecular complexity index is 155. The Morgan fingerprint density at radius 2 is 2.00 bits per heavy atom. The van der Waals surface area contributed by atoms with Gasteiger partial charge in [0.15, 0.2) is 0 Å². The van der Waals surface area contributed by atoms with E-state index in [0.29, 0.717) is 0 Å². The van der Waals surface area contributed by atoms with E-state index in [0.717, 1.165) is 6.42 Å². The third-order valence-electron chi connectivity index (χ3n) is 1.46. The van der Waals surface area contributed by atoms with Gasteiger partial charge in [-0.25, -0.2) is 0 Å². The molecule has 0 aromatic carbocycles. The Labute approximate surface area is 83.8 Å². The van der Waals surface area contributed by atoms with Crippen molar-refractivity contribution >= 4 is 9.28 Å². The molecule has 0 bridgehead atoms. The molecule has 0 rings (SSSR count). The van der Waals surface area contributed by atoms with Crippen LogP contribution in [-0.4, -0.2) is 21.0 Å². The molecule has 0 heterocycles. The molecule has 1 radical (unpaired) electrons. The van der Waals surface area contributed by atoms with Crippen LogP contribution < -0.4 is 0 Å². The summed E-state index contributed by atoms with van der Waals surface area (Å²) in [4.78, 5) is 0. The van der Waals surface area contributed by atoms with Crippen LogP contribution in [0.3, 0.4) is 0 Å². The molecule has 0 aromatic rings. The first-order chi connectivity index (χ1) is 5.87. The molecule has 2 nitrogen and oxygen atoms in total. The van der Waals surface area contributed by atoms with Gasteiger partial charge in [-0.1, -0.05) is 6.08 Å². The van der Waals surface area contributed by atoms with Crippen LogP contribution in [0.25, 0.3) is 0 Å². The van der Waals surface area contributed by atoms with E-state index in [1.807, 2.05) is 26.5 Å². The second kappa shape index (κ2) is 5.57. The van der Waals surface area contributed by atoms with E-state index in [4.69, 9.17) is 8.85 Å². The Balaban J connectivity index is 3.88. The molecule has 0 aliphatic rings. The van der Waals surface area contributed by atoms with Crippen LogP contribution in [0.1, 0.15) is 34.1 Å². The minimum absolute atomic E-state index is 0.139. The zero-order chi connectivity index (χ0) is 10.5. The third-order valence-corrected chi connectivity index (χ3v) is 3.10. The highest BCUT2D eigenvalue weighted by atomic mass is 28.3. The summed E-state index contributed by atoms with van der Waals surface area (Å²) in [5, 5.41) is 0. The predicted molar refractivity (Wildman–Crippen MR) is 57.8 cm³/mol. The van der Waals surface area contributed by atoms with Crippen molar-refractivity contribution in [3.8, 4) is 0 Å². The van der Waals surface area contributed by atoms with Crippen molar-refractivity contribution in [2.45, 2.75) is 52.4 Å². The Morgan fingerprint density at radius 1 is 1.46 bits per heavy atom. The zero-order valence-corrected chi connectivity index (χ0v) is 10.4. The van der Waals surface area contributed by atoms with Gasteiger partial charge in [-0.15, -0.1) is 6.58 Å². The van der Waals surface area contributed by atoms with Crippen LogP contribution in [-0.2, 0) is 8.85 Å². The SMILES string of the molecule is C=CCC(C)(C)O[Si](C)OC(C)C. The maximum atomic E-state index is 5.80. The molecule has 0 aliphatic heterocycles. The quantitative estimate of drug-likeness (QED) is 0.486. The molecule has 0 spiro atoms. The van der Waals surface area contributed by atoms with Crippen molar-refractivity contribution in [1.82, 2.24) is 0 Å². The van der Waals surface area contributed by atoms with Crippen molar-refractivity contribution < 1.29 is 8.85 Å². The van der Waals surface area contributed by atoms with E-state index in [-0.39, 0.29) is 11.7 Å². The Hall–Kier alpha value is -0.123. The molecule has 0 fully saturated rings. The molecular weight excluding hydrogens is 180 g/mol. The first kappa shape index (κ1) is 12.9. The highest BCUT2D eigenvalue weighted by Gasteiger charge is 2.22. The number of rotatable bonds is 6. The van der Waals surface area contributed by atoms with Gasteiger partial charge in [-0.3, -0.25) is 0 Å². The van der Waals surface area contributed by atoms with Gasteiger partial charge in [0.2, 0.25) is 0 Å². The first-order valence-corrected chi connectivity index (χ1v) is 6.49. The second-order valence-electron chi connectivity index (χ2n) is 4.01. The van der Waals surface area contributed by atoms with Crippen molar-refractivity contribution in [3.63, 3.8) is 0 Å². The largest absolute Gasteiger partial charge is 0.391 e. The van der Waals surface area contributed by atoms with Crippen LogP contribution in [0.2, 0.25) is 6.55 Å². The molecule has 0 unspecified atom stereocenters. The molecule has 0 aromatic heterocycles. The van der Waals surface area contributed by atoms with Gasteiger partial charge in [-0.2, -0.15) is 0 Å². The van der Waals surface area contributed by atoms with Crippen LogP contribution in [0.5, 0.6) is 0 Å². The molecule has 0 amide bonds. The lowest BCUT2D eigenvalue weighted by Crippen LogP contribution is -2.34. The Morgan fingerprint density at radius 3 is 2.38 bits per heavy atom. The molecule has 0 N–H and O–H groups in total. The number of hydrogen-bond donors (Lipinski definition) is 0. The van der Waals surface area contributed by atoms with Crippen LogP contribution in [0.4, 0.5) is 0 Å². The zero-order valence-electron chi connectivity index (χ0n) is 9.39. The fraction of sp³-hybridized carbons (Fsp3) is 0.800. The molecule has 77 valence electrons. The standard InChI is InChI=1S/C10H21O2Si/c1-7-8-10(4,5)12-13(6)11-9(2)3/h7,9H,1,8H2,2-6H3. The summed E-state index contributed by atoms with van der Waals surface area (Å²) >= 11 is 0. The van der Waals surface area contributed by atoms with Crippen LogP contribution in [0, 0.1) is 0 Å². The average molecular weight is 201 g/mol. The lowest BCUT2D eigenvalue weighted by atomic mass is 10.1. The predicted octanol–water partition coefficient (Wildman–Crippen LogP) is 2.90. The van der Waals surface area contributed by atoms with Crippen molar-refractivity contribution in [3.05, 3.63) is 12.7 Å². The third kappa shape index (κ3) is 6.99. The highest BCUT2D eigenvalue weighted by Crippen LogP contribution is 2.16. The van der Waals surface area contributed by atoms with Gasteiger partial charge >= 0.3 is 9.28 Å². The maximum Gasteiger partial charge on any atom is 0.381 e. The fourth-order valence-corrected chi connectivity index (χ4v) is 2.71. The van der Waals surface area contributed by atoms with E-state index in [1.165, 1.54) is 0 Å². The minimum atomic E-state index is -1.12. The van der Waals surface area contributed by atoms with E-state index < -0.39 is 9.28 Å². The van der Waals surface area contributed by atoms with Gasteiger partial charge in [0.1, 0.15) is 0 Å². The minimum Gasteiger partial charge on any atom is -0.391 e. The second-order valence-corrected chi connectivity index (χ2v) is 5.44. The van der Waals surface area contributed by atoms with E-state index >= 15 is 0 Å².